The van der Waals surface area contributed by atoms with Crippen LogP contribution in [0.15, 0.2) is 0 Å². The number of aliphatic hydroxyl groups is 8. The molecule has 0 aromatic rings. The van der Waals surface area contributed by atoms with Crippen LogP contribution in [0, 0.1) is 0 Å². The second kappa shape index (κ2) is 11.8. The van der Waals surface area contributed by atoms with E-state index in [0.717, 1.165) is 0 Å². The molecule has 0 bridgehead atoms. The maximum Gasteiger partial charge on any atom is 0.176 e. The Morgan fingerprint density at radius 1 is 0.784 bits per heavy atom. The maximum absolute atomic E-state index is 10.9. The lowest BCUT2D eigenvalue weighted by Gasteiger charge is -2.54. The summed E-state index contributed by atoms with van der Waals surface area (Å²) in [6, 6.07) is -4.11. The van der Waals surface area contributed by atoms with Gasteiger partial charge in [0.15, 0.2) is 24.6 Å². The van der Waals surface area contributed by atoms with Crippen LogP contribution in [0.3, 0.4) is 0 Å². The average molecular weight is 545 g/mol. The van der Waals surface area contributed by atoms with Crippen molar-refractivity contribution in [3.8, 4) is 0 Å². The molecule has 3 saturated heterocycles. The van der Waals surface area contributed by atoms with Crippen molar-refractivity contribution in [2.45, 2.75) is 104 Å². The maximum atomic E-state index is 10.9. The van der Waals surface area contributed by atoms with Gasteiger partial charge in [-0.2, -0.15) is 0 Å². The van der Waals surface area contributed by atoms with E-state index >= 15 is 0 Å². The topological polar surface area (TPSA) is 312 Å². The first kappa shape index (κ1) is 30.9. The minimum Gasteiger partial charge on any atom is -0.394 e. The summed E-state index contributed by atoms with van der Waals surface area (Å²) < 4.78 is 27.9. The first-order valence-electron chi connectivity index (χ1n) is 11.9. The van der Waals surface area contributed by atoms with Crippen molar-refractivity contribution >= 4 is 0 Å². The highest BCUT2D eigenvalue weighted by atomic mass is 16.7. The monoisotopic (exact) mass is 544 g/mol. The van der Waals surface area contributed by atoms with Gasteiger partial charge in [0.1, 0.15) is 48.3 Å². The van der Waals surface area contributed by atoms with Gasteiger partial charge in [-0.25, -0.2) is 0 Å². The van der Waals surface area contributed by atoms with E-state index in [1.54, 1.807) is 0 Å². The molecule has 16 N–H and O–H groups in total. The largest absolute Gasteiger partial charge is 0.394 e. The van der Waals surface area contributed by atoms with Crippen LogP contribution >= 0.6 is 0 Å². The van der Waals surface area contributed by atoms with E-state index in [0.29, 0.717) is 0 Å². The molecule has 15 atom stereocenters. The SMILES string of the molecule is CC[C@]1(CO)O[C@H](OC2[C@@H](CO)O[C@@H](OC3[C@@H](CO)O[C@@H](O)[C@H](N)[C@H]3O)[C@H](N)[C@H]2O)[C@H](N)[C@@H](O)[C@]1(N)O. The van der Waals surface area contributed by atoms with E-state index in [4.69, 9.17) is 46.6 Å². The normalized spacial score (nSPS) is 53.3. The van der Waals surface area contributed by atoms with Crippen LogP contribution in [-0.4, -0.2) is 152 Å². The predicted octanol–water partition coefficient (Wildman–Crippen LogP) is -7.61. The number of hydrogen-bond acceptors (Lipinski definition) is 17. The molecule has 3 aliphatic heterocycles. The van der Waals surface area contributed by atoms with Crippen LogP contribution < -0.4 is 22.9 Å². The molecule has 0 saturated carbocycles. The standard InChI is InChI=1S/C20H40N4O13/c1-2-19(5-27)20(24,32)15(30)10(23)18(37-19)36-14-7(4-26)34-17(9(22)12(14)29)35-13-6(3-25)33-16(31)8(21)11(13)28/h6-18,25-32H,2-5,21-24H2,1H3/t6-,7-,8-,9-,10-,11-,12-,13?,14?,15-,16-,17+,18+,19-,20+/m1/s1. The van der Waals surface area contributed by atoms with Crippen molar-refractivity contribution in [1.29, 1.82) is 0 Å². The summed E-state index contributed by atoms with van der Waals surface area (Å²) in [4.78, 5) is 0. The zero-order chi connectivity index (χ0) is 27.9. The van der Waals surface area contributed by atoms with Gasteiger partial charge in [-0.1, -0.05) is 6.92 Å². The van der Waals surface area contributed by atoms with Gasteiger partial charge < -0.3 is 81.7 Å². The van der Waals surface area contributed by atoms with Gasteiger partial charge in [0.25, 0.3) is 0 Å². The summed E-state index contributed by atoms with van der Waals surface area (Å²) in [6.45, 7) is -0.668. The van der Waals surface area contributed by atoms with Crippen LogP contribution in [0.25, 0.3) is 0 Å². The molecule has 2 unspecified atom stereocenters. The van der Waals surface area contributed by atoms with E-state index in [1.807, 2.05) is 0 Å². The summed E-state index contributed by atoms with van der Waals surface area (Å²) in [5.74, 6) is 0. The van der Waals surface area contributed by atoms with Crippen LogP contribution in [-0.2, 0) is 23.7 Å². The molecule has 17 nitrogen and oxygen atoms in total. The van der Waals surface area contributed by atoms with Crippen molar-refractivity contribution in [2.24, 2.45) is 22.9 Å². The average Bonchev–Trinajstić information content (AvgIpc) is 2.88. The quantitative estimate of drug-likeness (QED) is 0.126. The van der Waals surface area contributed by atoms with E-state index in [-0.39, 0.29) is 6.42 Å². The van der Waals surface area contributed by atoms with Crippen molar-refractivity contribution in [2.75, 3.05) is 19.8 Å². The zero-order valence-corrected chi connectivity index (χ0v) is 20.3. The first-order chi connectivity index (χ1) is 17.3. The molecule has 0 amide bonds. The van der Waals surface area contributed by atoms with Gasteiger partial charge in [0.2, 0.25) is 0 Å². The molecule has 17 heteroatoms. The highest BCUT2D eigenvalue weighted by molar-refractivity contribution is 5.09. The fourth-order valence-electron chi connectivity index (χ4n) is 4.83. The molecule has 218 valence electrons. The third-order valence-electron chi connectivity index (χ3n) is 7.43. The molecule has 0 aromatic carbocycles. The van der Waals surface area contributed by atoms with E-state index in [2.05, 4.69) is 0 Å². The molecule has 3 fully saturated rings. The van der Waals surface area contributed by atoms with E-state index < -0.39 is 111 Å². The smallest absolute Gasteiger partial charge is 0.176 e. The molecule has 0 radical (unpaired) electrons. The van der Waals surface area contributed by atoms with Crippen molar-refractivity contribution < 1.29 is 64.5 Å². The number of ether oxygens (including phenoxy) is 5. The number of nitrogens with two attached hydrogens (primary N) is 4. The highest BCUT2D eigenvalue weighted by Crippen LogP contribution is 2.38. The summed E-state index contributed by atoms with van der Waals surface area (Å²) in [5, 5.41) is 81.7. The van der Waals surface area contributed by atoms with Gasteiger partial charge in [-0.05, 0) is 6.42 Å². The second-order valence-corrected chi connectivity index (χ2v) is 9.65. The van der Waals surface area contributed by atoms with Crippen molar-refractivity contribution in [1.82, 2.24) is 0 Å². The molecule has 37 heavy (non-hydrogen) atoms. The molecule has 0 aliphatic carbocycles. The Morgan fingerprint density at radius 3 is 1.81 bits per heavy atom. The molecule has 3 aliphatic rings. The fraction of sp³-hybridized carbons (Fsp3) is 1.00. The zero-order valence-electron chi connectivity index (χ0n) is 20.3. The number of rotatable bonds is 8. The van der Waals surface area contributed by atoms with Gasteiger partial charge in [0, 0.05) is 0 Å². The third kappa shape index (κ3) is 5.39. The van der Waals surface area contributed by atoms with Crippen LogP contribution in [0.1, 0.15) is 13.3 Å². The molecule has 0 spiro atoms. The Kier molecular flexibility index (Phi) is 9.86. The van der Waals surface area contributed by atoms with Gasteiger partial charge in [-0.3, -0.25) is 5.73 Å². The first-order valence-corrected chi connectivity index (χ1v) is 11.9. The minimum absolute atomic E-state index is 0.0582. The van der Waals surface area contributed by atoms with Crippen LogP contribution in [0.4, 0.5) is 0 Å². The Balaban J connectivity index is 1.78. The van der Waals surface area contributed by atoms with Gasteiger partial charge >= 0.3 is 0 Å². The molecular formula is C20H40N4O13. The number of aliphatic hydroxyl groups excluding tert-OH is 7. The fourth-order valence-corrected chi connectivity index (χ4v) is 4.83. The Morgan fingerprint density at radius 2 is 1.30 bits per heavy atom. The van der Waals surface area contributed by atoms with Gasteiger partial charge in [0.05, 0.1) is 37.9 Å². The Hall–Kier alpha value is -0.680. The van der Waals surface area contributed by atoms with E-state index in [9.17, 15) is 40.9 Å². The minimum atomic E-state index is -2.44. The Bertz CT molecular complexity index is 745. The lowest BCUT2D eigenvalue weighted by atomic mass is 9.79. The molecule has 3 heterocycles. The Labute approximate surface area is 212 Å². The lowest BCUT2D eigenvalue weighted by Crippen LogP contribution is -2.80. The second-order valence-electron chi connectivity index (χ2n) is 9.65. The predicted molar refractivity (Wildman–Crippen MR) is 120 cm³/mol. The highest BCUT2D eigenvalue weighted by Gasteiger charge is 2.62. The molecular weight excluding hydrogens is 504 g/mol. The van der Waals surface area contributed by atoms with Crippen molar-refractivity contribution in [3.05, 3.63) is 0 Å². The third-order valence-corrected chi connectivity index (χ3v) is 7.43. The number of hydrogen-bond donors (Lipinski definition) is 12. The summed E-state index contributed by atoms with van der Waals surface area (Å²) in [6.07, 6.45) is -14.9. The molecule has 3 rings (SSSR count). The van der Waals surface area contributed by atoms with E-state index in [1.165, 1.54) is 6.92 Å². The van der Waals surface area contributed by atoms with Crippen molar-refractivity contribution in [3.63, 3.8) is 0 Å². The van der Waals surface area contributed by atoms with Gasteiger partial charge in [-0.15, -0.1) is 0 Å². The molecule has 0 aromatic heterocycles. The summed E-state index contributed by atoms with van der Waals surface area (Å²) in [5.41, 5.74) is 19.3. The summed E-state index contributed by atoms with van der Waals surface area (Å²) in [7, 11) is 0. The van der Waals surface area contributed by atoms with Crippen LogP contribution in [0.2, 0.25) is 0 Å². The summed E-state index contributed by atoms with van der Waals surface area (Å²) >= 11 is 0. The van der Waals surface area contributed by atoms with Crippen LogP contribution in [0.5, 0.6) is 0 Å². The lowest BCUT2D eigenvalue weighted by molar-refractivity contribution is -0.376.